The van der Waals surface area contributed by atoms with Gasteiger partial charge in [0.15, 0.2) is 0 Å². The molecule has 2 aromatic heterocycles. The van der Waals surface area contributed by atoms with Crippen LogP contribution in [0.5, 0.6) is 0 Å². The average Bonchev–Trinajstić information content (AvgIpc) is 3.09. The summed E-state index contributed by atoms with van der Waals surface area (Å²) in [6.07, 6.45) is 4.37. The van der Waals surface area contributed by atoms with Crippen LogP contribution in [0.3, 0.4) is 0 Å². The van der Waals surface area contributed by atoms with Crippen molar-refractivity contribution in [1.29, 1.82) is 0 Å². The highest BCUT2D eigenvalue weighted by Crippen LogP contribution is 2.44. The summed E-state index contributed by atoms with van der Waals surface area (Å²) < 4.78 is 3.10. The molecule has 96 valence electrons. The first-order chi connectivity index (χ1) is 8.63. The monoisotopic (exact) mass is 327 g/mol. The Labute approximate surface area is 120 Å². The Hall–Kier alpha value is -0.610. The van der Waals surface area contributed by atoms with Crippen molar-refractivity contribution in [3.63, 3.8) is 0 Å². The van der Waals surface area contributed by atoms with Crippen LogP contribution in [0.1, 0.15) is 43.7 Å². The second-order valence-corrected chi connectivity index (χ2v) is 6.03. The van der Waals surface area contributed by atoms with E-state index in [-0.39, 0.29) is 0 Å². The molecule has 3 nitrogen and oxygen atoms in total. The number of aromatic nitrogens is 3. The molecule has 2 heterocycles. The lowest BCUT2D eigenvalue weighted by Gasteiger charge is -2.06. The smallest absolute Gasteiger partial charge is 0.146 e. The Balaban J connectivity index is 2.29. The average molecular weight is 329 g/mol. The van der Waals surface area contributed by atoms with Crippen molar-refractivity contribution < 1.29 is 0 Å². The molecule has 0 amide bonds. The Morgan fingerprint density at radius 3 is 2.72 bits per heavy atom. The maximum atomic E-state index is 6.42. The fourth-order valence-corrected chi connectivity index (χ4v) is 3.32. The van der Waals surface area contributed by atoms with Crippen molar-refractivity contribution in [1.82, 2.24) is 14.5 Å². The predicted molar refractivity (Wildman–Crippen MR) is 77.2 cm³/mol. The van der Waals surface area contributed by atoms with Gasteiger partial charge in [0.1, 0.15) is 16.6 Å². The van der Waals surface area contributed by atoms with Gasteiger partial charge in [-0.3, -0.25) is 0 Å². The summed E-state index contributed by atoms with van der Waals surface area (Å²) in [6.45, 7) is 4.17. The zero-order valence-electron chi connectivity index (χ0n) is 10.5. The van der Waals surface area contributed by atoms with Gasteiger partial charge in [0, 0.05) is 12.5 Å². The van der Waals surface area contributed by atoms with E-state index in [9.17, 15) is 0 Å². The zero-order valence-corrected chi connectivity index (χ0v) is 12.8. The third-order valence-corrected chi connectivity index (χ3v) is 4.71. The van der Waals surface area contributed by atoms with Crippen molar-refractivity contribution in [2.24, 2.45) is 0 Å². The van der Waals surface area contributed by atoms with Gasteiger partial charge in [0.25, 0.3) is 0 Å². The summed E-state index contributed by atoms with van der Waals surface area (Å²) >= 11 is 10.0. The molecule has 1 aliphatic carbocycles. The standard InChI is InChI=1S/C13H15BrClN3/c1-3-4-9-16-7(2)10-11(14)12(15)18(8-5-6-8)13(10)17-9/h8H,3-6H2,1-2H3. The highest BCUT2D eigenvalue weighted by Gasteiger charge is 2.30. The van der Waals surface area contributed by atoms with Crippen LogP contribution in [-0.4, -0.2) is 14.5 Å². The third kappa shape index (κ3) is 1.86. The van der Waals surface area contributed by atoms with Crippen molar-refractivity contribution in [3.8, 4) is 0 Å². The summed E-state index contributed by atoms with van der Waals surface area (Å²) in [5, 5.41) is 1.82. The van der Waals surface area contributed by atoms with E-state index in [0.717, 1.165) is 45.0 Å². The largest absolute Gasteiger partial charge is 0.312 e. The van der Waals surface area contributed by atoms with Gasteiger partial charge in [-0.2, -0.15) is 0 Å². The Bertz CT molecular complexity index is 616. The molecule has 18 heavy (non-hydrogen) atoms. The van der Waals surface area contributed by atoms with Crippen LogP contribution in [0.25, 0.3) is 11.0 Å². The van der Waals surface area contributed by atoms with Crippen LogP contribution < -0.4 is 0 Å². The first-order valence-electron chi connectivity index (χ1n) is 6.35. The van der Waals surface area contributed by atoms with E-state index < -0.39 is 0 Å². The molecule has 0 aliphatic heterocycles. The Kier molecular flexibility index (Phi) is 3.10. The van der Waals surface area contributed by atoms with Gasteiger partial charge >= 0.3 is 0 Å². The first-order valence-corrected chi connectivity index (χ1v) is 7.53. The molecule has 0 atom stereocenters. The van der Waals surface area contributed by atoms with Crippen LogP contribution in [0.2, 0.25) is 5.15 Å². The van der Waals surface area contributed by atoms with E-state index >= 15 is 0 Å². The summed E-state index contributed by atoms with van der Waals surface area (Å²) in [7, 11) is 0. The molecule has 0 bridgehead atoms. The molecular formula is C13H15BrClN3. The molecular weight excluding hydrogens is 314 g/mol. The minimum Gasteiger partial charge on any atom is -0.312 e. The van der Waals surface area contributed by atoms with Crippen LogP contribution in [0.4, 0.5) is 0 Å². The van der Waals surface area contributed by atoms with Gasteiger partial charge in [-0.05, 0) is 42.1 Å². The summed E-state index contributed by atoms with van der Waals surface area (Å²) in [5.74, 6) is 0.922. The number of nitrogens with zero attached hydrogens (tertiary/aromatic N) is 3. The zero-order chi connectivity index (χ0) is 12.9. The lowest BCUT2D eigenvalue weighted by Crippen LogP contribution is -2.01. The minimum atomic E-state index is 0.523. The molecule has 1 aliphatic rings. The molecule has 0 spiro atoms. The lowest BCUT2D eigenvalue weighted by molar-refractivity contribution is 0.754. The van der Waals surface area contributed by atoms with Crippen LogP contribution in [-0.2, 0) is 6.42 Å². The number of fused-ring (bicyclic) bond motifs is 1. The highest BCUT2D eigenvalue weighted by molar-refractivity contribution is 9.10. The van der Waals surface area contributed by atoms with Crippen molar-refractivity contribution in [2.75, 3.05) is 0 Å². The van der Waals surface area contributed by atoms with E-state index in [1.165, 1.54) is 12.8 Å². The van der Waals surface area contributed by atoms with Crippen LogP contribution in [0.15, 0.2) is 4.47 Å². The van der Waals surface area contributed by atoms with E-state index in [4.69, 9.17) is 16.6 Å². The maximum absolute atomic E-state index is 6.42. The topological polar surface area (TPSA) is 30.7 Å². The quantitative estimate of drug-likeness (QED) is 0.833. The second kappa shape index (κ2) is 4.49. The number of hydrogen-bond acceptors (Lipinski definition) is 2. The molecule has 1 saturated carbocycles. The van der Waals surface area contributed by atoms with Crippen molar-refractivity contribution in [2.45, 2.75) is 45.6 Å². The number of halogens is 2. The van der Waals surface area contributed by atoms with Gasteiger partial charge < -0.3 is 4.57 Å². The van der Waals surface area contributed by atoms with Crippen LogP contribution in [0, 0.1) is 6.92 Å². The molecule has 0 aromatic carbocycles. The van der Waals surface area contributed by atoms with Gasteiger partial charge in [0.2, 0.25) is 0 Å². The fourth-order valence-electron chi connectivity index (χ4n) is 2.35. The SMILES string of the molecule is CCCc1nc(C)c2c(Br)c(Cl)n(C3CC3)c2n1. The van der Waals surface area contributed by atoms with Gasteiger partial charge in [0.05, 0.1) is 15.6 Å². The van der Waals surface area contributed by atoms with E-state index in [2.05, 4.69) is 32.4 Å². The third-order valence-electron chi connectivity index (χ3n) is 3.34. The molecule has 0 unspecified atom stereocenters. The first kappa shape index (κ1) is 12.4. The second-order valence-electron chi connectivity index (χ2n) is 4.88. The fraction of sp³-hybridized carbons (Fsp3) is 0.538. The normalized spacial score (nSPS) is 15.6. The summed E-state index contributed by atoms with van der Waals surface area (Å²) in [4.78, 5) is 9.28. The molecule has 3 rings (SSSR count). The summed E-state index contributed by atoms with van der Waals surface area (Å²) in [5.41, 5.74) is 2.00. The van der Waals surface area contributed by atoms with Gasteiger partial charge in [-0.1, -0.05) is 18.5 Å². The number of aryl methyl sites for hydroxylation is 2. The van der Waals surface area contributed by atoms with E-state index in [1.54, 1.807) is 0 Å². The van der Waals surface area contributed by atoms with Crippen LogP contribution >= 0.6 is 27.5 Å². The minimum absolute atomic E-state index is 0.523. The molecule has 1 fully saturated rings. The van der Waals surface area contributed by atoms with Crippen molar-refractivity contribution >= 4 is 38.6 Å². The van der Waals surface area contributed by atoms with Gasteiger partial charge in [-0.25, -0.2) is 9.97 Å². The van der Waals surface area contributed by atoms with Crippen molar-refractivity contribution in [3.05, 3.63) is 21.1 Å². The molecule has 5 heteroatoms. The highest BCUT2D eigenvalue weighted by atomic mass is 79.9. The predicted octanol–water partition coefficient (Wildman–Crippen LogP) is 4.44. The molecule has 0 radical (unpaired) electrons. The number of hydrogen-bond donors (Lipinski definition) is 0. The lowest BCUT2D eigenvalue weighted by atomic mass is 10.2. The number of rotatable bonds is 3. The van der Waals surface area contributed by atoms with E-state index in [1.807, 2.05) is 6.92 Å². The molecule has 0 saturated heterocycles. The van der Waals surface area contributed by atoms with Gasteiger partial charge in [-0.15, -0.1) is 0 Å². The Morgan fingerprint density at radius 2 is 2.11 bits per heavy atom. The molecule has 0 N–H and O–H groups in total. The summed E-state index contributed by atoms with van der Waals surface area (Å²) in [6, 6.07) is 0.523. The molecule has 2 aromatic rings. The Morgan fingerprint density at radius 1 is 1.39 bits per heavy atom. The maximum Gasteiger partial charge on any atom is 0.146 e. The van der Waals surface area contributed by atoms with E-state index in [0.29, 0.717) is 6.04 Å².